The van der Waals surface area contributed by atoms with Crippen molar-refractivity contribution in [2.24, 2.45) is 0 Å². The van der Waals surface area contributed by atoms with Crippen LogP contribution in [-0.2, 0) is 0 Å². The largest absolute Gasteiger partial charge is 0.366 e. The summed E-state index contributed by atoms with van der Waals surface area (Å²) < 4.78 is 1.76. The zero-order valence-electron chi connectivity index (χ0n) is 11.5. The van der Waals surface area contributed by atoms with Gasteiger partial charge in [-0.05, 0) is 36.2 Å². The molecule has 2 heterocycles. The van der Waals surface area contributed by atoms with Crippen LogP contribution >= 0.6 is 11.6 Å². The molecule has 0 aliphatic heterocycles. The van der Waals surface area contributed by atoms with Crippen molar-refractivity contribution in [3.63, 3.8) is 0 Å². The van der Waals surface area contributed by atoms with Crippen molar-refractivity contribution in [2.45, 2.75) is 6.92 Å². The fourth-order valence-corrected chi connectivity index (χ4v) is 2.30. The molecule has 0 bridgehead atoms. The van der Waals surface area contributed by atoms with Crippen LogP contribution in [0.4, 0.5) is 5.82 Å². The number of nitrogens with one attached hydrogen (secondary N) is 1. The highest BCUT2D eigenvalue weighted by Crippen LogP contribution is 2.24. The first kappa shape index (κ1) is 13.6. The molecule has 0 aliphatic rings. The Morgan fingerprint density at radius 2 is 2.24 bits per heavy atom. The van der Waals surface area contributed by atoms with Crippen molar-refractivity contribution in [2.75, 3.05) is 11.9 Å². The van der Waals surface area contributed by atoms with Gasteiger partial charge in [0.25, 0.3) is 0 Å². The molecule has 0 radical (unpaired) electrons. The number of hydrogen-bond acceptors (Lipinski definition) is 4. The molecule has 3 aromatic rings. The van der Waals surface area contributed by atoms with E-state index in [1.165, 1.54) is 0 Å². The highest BCUT2D eigenvalue weighted by atomic mass is 35.5. The second-order valence-electron chi connectivity index (χ2n) is 4.64. The van der Waals surface area contributed by atoms with Crippen molar-refractivity contribution >= 4 is 28.5 Å². The average Bonchev–Trinajstić information content (AvgIpc) is 2.88. The molecule has 0 saturated heterocycles. The number of anilines is 1. The van der Waals surface area contributed by atoms with E-state index in [0.29, 0.717) is 18.0 Å². The Morgan fingerprint density at radius 3 is 3.00 bits per heavy atom. The molecule has 1 aromatic carbocycles. The topological polar surface area (TPSA) is 55.6 Å². The first-order chi connectivity index (χ1) is 10.2. The maximum Gasteiger partial charge on any atom is 0.226 e. The number of fused-ring (bicyclic) bond motifs is 1. The van der Waals surface area contributed by atoms with Gasteiger partial charge >= 0.3 is 0 Å². The fourth-order valence-electron chi connectivity index (χ4n) is 2.13. The molecule has 21 heavy (non-hydrogen) atoms. The molecular formula is C15H14ClN5. The van der Waals surface area contributed by atoms with Crippen molar-refractivity contribution in [3.05, 3.63) is 54.0 Å². The molecule has 0 unspecified atom stereocenters. The lowest BCUT2D eigenvalue weighted by Crippen LogP contribution is -2.03. The molecule has 2 aromatic heterocycles. The lowest BCUT2D eigenvalue weighted by atomic mass is 10.2. The second kappa shape index (κ2) is 5.54. The van der Waals surface area contributed by atoms with E-state index in [2.05, 4.69) is 27.0 Å². The third-order valence-corrected chi connectivity index (χ3v) is 3.23. The normalized spacial score (nSPS) is 10.8. The number of hydrogen-bond donors (Lipinski definition) is 1. The van der Waals surface area contributed by atoms with Gasteiger partial charge in [0.2, 0.25) is 5.28 Å². The summed E-state index contributed by atoms with van der Waals surface area (Å²) in [5, 5.41) is 8.56. The molecule has 3 rings (SSSR count). The summed E-state index contributed by atoms with van der Waals surface area (Å²) in [7, 11) is 0. The molecule has 0 spiro atoms. The molecule has 0 atom stereocenters. The predicted octanol–water partition coefficient (Wildman–Crippen LogP) is 3.38. The number of rotatable bonds is 4. The van der Waals surface area contributed by atoms with Crippen molar-refractivity contribution < 1.29 is 0 Å². The Balaban J connectivity index is 2.17. The predicted molar refractivity (Wildman–Crippen MR) is 85.1 cm³/mol. The summed E-state index contributed by atoms with van der Waals surface area (Å²) in [4.78, 5) is 8.50. The molecular weight excluding hydrogens is 286 g/mol. The Bertz CT molecular complexity index is 809. The van der Waals surface area contributed by atoms with Gasteiger partial charge in [0.1, 0.15) is 5.82 Å². The molecule has 0 fully saturated rings. The maximum absolute atomic E-state index is 6.02. The molecule has 106 valence electrons. The van der Waals surface area contributed by atoms with Gasteiger partial charge in [-0.25, -0.2) is 4.68 Å². The van der Waals surface area contributed by atoms with Crippen LogP contribution in [-0.4, -0.2) is 26.3 Å². The monoisotopic (exact) mass is 299 g/mol. The lowest BCUT2D eigenvalue weighted by molar-refractivity contribution is 0.894. The molecule has 0 amide bonds. The van der Waals surface area contributed by atoms with E-state index >= 15 is 0 Å². The van der Waals surface area contributed by atoms with E-state index in [0.717, 1.165) is 16.6 Å². The van der Waals surface area contributed by atoms with Gasteiger partial charge in [0, 0.05) is 6.54 Å². The Kier molecular flexibility index (Phi) is 3.58. The van der Waals surface area contributed by atoms with Gasteiger partial charge in [-0.1, -0.05) is 18.2 Å². The van der Waals surface area contributed by atoms with Crippen molar-refractivity contribution in [1.82, 2.24) is 19.7 Å². The first-order valence-corrected chi connectivity index (χ1v) is 6.90. The minimum atomic E-state index is 0.184. The van der Waals surface area contributed by atoms with Crippen LogP contribution in [0.1, 0.15) is 5.56 Å². The summed E-state index contributed by atoms with van der Waals surface area (Å²) in [5.74, 6) is 0.656. The molecule has 5 nitrogen and oxygen atoms in total. The van der Waals surface area contributed by atoms with Crippen LogP contribution in [0.2, 0.25) is 5.28 Å². The van der Waals surface area contributed by atoms with E-state index in [-0.39, 0.29) is 5.28 Å². The van der Waals surface area contributed by atoms with Crippen LogP contribution in [0, 0.1) is 6.92 Å². The van der Waals surface area contributed by atoms with Crippen molar-refractivity contribution in [3.8, 4) is 5.69 Å². The Labute approximate surface area is 127 Å². The standard InChI is InChI=1S/C15H14ClN5/c1-3-7-17-13-12-9-18-21(14(12)20-15(16)19-13)11-6-4-5-10(2)8-11/h3-6,8-9H,1,7H2,2H3,(H,17,19,20). The molecule has 1 N–H and O–H groups in total. The molecule has 0 saturated carbocycles. The second-order valence-corrected chi connectivity index (χ2v) is 4.98. The SMILES string of the molecule is C=CCNc1nc(Cl)nc2c1cnn2-c1cccc(C)c1. The zero-order chi connectivity index (χ0) is 14.8. The number of nitrogens with zero attached hydrogens (tertiary/aromatic N) is 4. The van der Waals surface area contributed by atoms with Crippen LogP contribution in [0.15, 0.2) is 43.1 Å². The molecule has 6 heteroatoms. The minimum absolute atomic E-state index is 0.184. The van der Waals surface area contributed by atoms with Gasteiger partial charge in [-0.15, -0.1) is 6.58 Å². The van der Waals surface area contributed by atoms with Crippen molar-refractivity contribution in [1.29, 1.82) is 0 Å². The van der Waals surface area contributed by atoms with E-state index in [4.69, 9.17) is 11.6 Å². The van der Waals surface area contributed by atoms with E-state index in [9.17, 15) is 0 Å². The maximum atomic E-state index is 6.02. The van der Waals surface area contributed by atoms with E-state index in [1.807, 2.05) is 31.2 Å². The quantitative estimate of drug-likeness (QED) is 0.593. The summed E-state index contributed by atoms with van der Waals surface area (Å²) in [6, 6.07) is 8.04. The summed E-state index contributed by atoms with van der Waals surface area (Å²) in [6.07, 6.45) is 3.49. The fraction of sp³-hybridized carbons (Fsp3) is 0.133. The third-order valence-electron chi connectivity index (χ3n) is 3.06. The van der Waals surface area contributed by atoms with Gasteiger partial charge in [-0.2, -0.15) is 15.1 Å². The van der Waals surface area contributed by atoms with Crippen LogP contribution in [0.5, 0.6) is 0 Å². The van der Waals surface area contributed by atoms with Gasteiger partial charge in [-0.3, -0.25) is 0 Å². The highest BCUT2D eigenvalue weighted by molar-refractivity contribution is 6.28. The highest BCUT2D eigenvalue weighted by Gasteiger charge is 2.13. The van der Waals surface area contributed by atoms with Gasteiger partial charge in [0.05, 0.1) is 17.3 Å². The van der Waals surface area contributed by atoms with E-state index in [1.54, 1.807) is 17.0 Å². The Hall–Kier alpha value is -2.40. The lowest BCUT2D eigenvalue weighted by Gasteiger charge is -2.06. The van der Waals surface area contributed by atoms with Crippen LogP contribution < -0.4 is 5.32 Å². The summed E-state index contributed by atoms with van der Waals surface area (Å²) in [5.41, 5.74) is 2.77. The minimum Gasteiger partial charge on any atom is -0.366 e. The van der Waals surface area contributed by atoms with Crippen LogP contribution in [0.25, 0.3) is 16.7 Å². The summed E-state index contributed by atoms with van der Waals surface area (Å²) >= 11 is 6.02. The zero-order valence-corrected chi connectivity index (χ0v) is 12.3. The van der Waals surface area contributed by atoms with E-state index < -0.39 is 0 Å². The summed E-state index contributed by atoms with van der Waals surface area (Å²) in [6.45, 7) is 6.31. The number of halogens is 1. The first-order valence-electron chi connectivity index (χ1n) is 6.52. The third kappa shape index (κ3) is 2.60. The van der Waals surface area contributed by atoms with Crippen LogP contribution in [0.3, 0.4) is 0 Å². The smallest absolute Gasteiger partial charge is 0.226 e. The van der Waals surface area contributed by atoms with Gasteiger partial charge < -0.3 is 5.32 Å². The average molecular weight is 300 g/mol. The van der Waals surface area contributed by atoms with Gasteiger partial charge in [0.15, 0.2) is 5.65 Å². The number of aryl methyl sites for hydroxylation is 1. The number of benzene rings is 1. The Morgan fingerprint density at radius 1 is 1.38 bits per heavy atom. The number of aromatic nitrogens is 4. The molecule has 0 aliphatic carbocycles.